The fraction of sp³-hybridized carbons (Fsp3) is 0.350. The van der Waals surface area contributed by atoms with E-state index in [-0.39, 0.29) is 11.8 Å². The van der Waals surface area contributed by atoms with Crippen molar-refractivity contribution in [3.05, 3.63) is 54.6 Å². The number of hydrogen-bond acceptors (Lipinski definition) is 2. The van der Waals surface area contributed by atoms with Crippen LogP contribution in [0.15, 0.2) is 54.6 Å². The second-order valence-corrected chi connectivity index (χ2v) is 6.39. The number of hydrogen-bond donors (Lipinski definition) is 1. The third-order valence-corrected chi connectivity index (χ3v) is 4.49. The molecule has 2 aromatic carbocycles. The van der Waals surface area contributed by atoms with Gasteiger partial charge in [0, 0.05) is 11.6 Å². The molecule has 0 heterocycles. The summed E-state index contributed by atoms with van der Waals surface area (Å²) in [6.07, 6.45) is 4.31. The van der Waals surface area contributed by atoms with Gasteiger partial charge in [-0.3, -0.25) is 4.79 Å². The highest BCUT2D eigenvalue weighted by atomic mass is 16.5. The number of amides is 1. The number of para-hydroxylation sites is 1. The lowest BCUT2D eigenvalue weighted by atomic mass is 9.82. The zero-order chi connectivity index (χ0) is 16.1. The molecule has 0 aromatic heterocycles. The van der Waals surface area contributed by atoms with Crippen LogP contribution >= 0.6 is 0 Å². The molecular weight excluding hydrogens is 286 g/mol. The van der Waals surface area contributed by atoms with Gasteiger partial charge in [0.05, 0.1) is 0 Å². The summed E-state index contributed by atoms with van der Waals surface area (Å²) in [5.74, 6) is 2.63. The summed E-state index contributed by atoms with van der Waals surface area (Å²) < 4.78 is 5.75. The van der Waals surface area contributed by atoms with Gasteiger partial charge in [-0.05, 0) is 68.0 Å². The lowest BCUT2D eigenvalue weighted by Gasteiger charge is -2.25. The van der Waals surface area contributed by atoms with Crippen molar-refractivity contribution in [2.45, 2.75) is 32.6 Å². The molecular formula is C20H23NO2. The normalized spacial score (nSPS) is 20.7. The Morgan fingerprint density at radius 3 is 2.17 bits per heavy atom. The van der Waals surface area contributed by atoms with E-state index in [2.05, 4.69) is 12.2 Å². The monoisotopic (exact) mass is 309 g/mol. The van der Waals surface area contributed by atoms with E-state index >= 15 is 0 Å². The molecule has 0 spiro atoms. The van der Waals surface area contributed by atoms with Gasteiger partial charge in [-0.25, -0.2) is 0 Å². The molecule has 0 aliphatic heterocycles. The Kier molecular flexibility index (Phi) is 4.96. The van der Waals surface area contributed by atoms with Crippen molar-refractivity contribution in [2.75, 3.05) is 5.32 Å². The molecule has 1 aliphatic carbocycles. The minimum Gasteiger partial charge on any atom is -0.457 e. The van der Waals surface area contributed by atoms with Crippen molar-refractivity contribution in [2.24, 2.45) is 11.8 Å². The van der Waals surface area contributed by atoms with E-state index in [4.69, 9.17) is 4.74 Å². The molecule has 1 aliphatic rings. The summed E-state index contributed by atoms with van der Waals surface area (Å²) in [5.41, 5.74) is 0.828. The number of benzene rings is 2. The smallest absolute Gasteiger partial charge is 0.227 e. The molecule has 1 fully saturated rings. The molecule has 0 atom stereocenters. The number of nitrogens with one attached hydrogen (secondary N) is 1. The highest BCUT2D eigenvalue weighted by Gasteiger charge is 2.24. The molecule has 23 heavy (non-hydrogen) atoms. The van der Waals surface area contributed by atoms with Crippen LogP contribution < -0.4 is 10.1 Å². The van der Waals surface area contributed by atoms with Gasteiger partial charge in [0.2, 0.25) is 5.91 Å². The SMILES string of the molecule is CC1CCC(C(=O)Nc2ccc(Oc3ccccc3)cc2)CC1. The first-order valence-corrected chi connectivity index (χ1v) is 8.34. The van der Waals surface area contributed by atoms with Crippen LogP contribution in [0.25, 0.3) is 0 Å². The molecule has 0 radical (unpaired) electrons. The van der Waals surface area contributed by atoms with E-state index in [9.17, 15) is 4.79 Å². The van der Waals surface area contributed by atoms with Crippen LogP contribution in [-0.2, 0) is 4.79 Å². The van der Waals surface area contributed by atoms with Gasteiger partial charge in [0.1, 0.15) is 11.5 Å². The van der Waals surface area contributed by atoms with E-state index in [1.54, 1.807) is 0 Å². The Bertz CT molecular complexity index is 628. The van der Waals surface area contributed by atoms with Crippen molar-refractivity contribution < 1.29 is 9.53 Å². The zero-order valence-corrected chi connectivity index (χ0v) is 13.5. The quantitative estimate of drug-likeness (QED) is 0.838. The zero-order valence-electron chi connectivity index (χ0n) is 13.5. The van der Waals surface area contributed by atoms with Crippen LogP contribution in [-0.4, -0.2) is 5.91 Å². The summed E-state index contributed by atoms with van der Waals surface area (Å²) in [5, 5.41) is 3.02. The highest BCUT2D eigenvalue weighted by molar-refractivity contribution is 5.92. The van der Waals surface area contributed by atoms with Crippen LogP contribution in [0, 0.1) is 11.8 Å². The summed E-state index contributed by atoms with van der Waals surface area (Å²) in [4.78, 5) is 12.3. The highest BCUT2D eigenvalue weighted by Crippen LogP contribution is 2.29. The first kappa shape index (κ1) is 15.6. The second kappa shape index (κ2) is 7.32. The summed E-state index contributed by atoms with van der Waals surface area (Å²) in [7, 11) is 0. The summed E-state index contributed by atoms with van der Waals surface area (Å²) in [6, 6.07) is 17.2. The van der Waals surface area contributed by atoms with Gasteiger partial charge in [-0.2, -0.15) is 0 Å². The first-order valence-electron chi connectivity index (χ1n) is 8.34. The maximum Gasteiger partial charge on any atom is 0.227 e. The van der Waals surface area contributed by atoms with Gasteiger partial charge in [-0.1, -0.05) is 25.1 Å². The number of carbonyl (C=O) groups is 1. The van der Waals surface area contributed by atoms with Crippen LogP contribution in [0.4, 0.5) is 5.69 Å². The molecule has 0 saturated heterocycles. The predicted molar refractivity (Wildman–Crippen MR) is 92.7 cm³/mol. The van der Waals surface area contributed by atoms with E-state index < -0.39 is 0 Å². The number of rotatable bonds is 4. The fourth-order valence-electron chi connectivity index (χ4n) is 3.00. The molecule has 0 unspecified atom stereocenters. The Balaban J connectivity index is 1.56. The first-order chi connectivity index (χ1) is 11.2. The molecule has 3 nitrogen and oxygen atoms in total. The average molecular weight is 309 g/mol. The van der Waals surface area contributed by atoms with Crippen molar-refractivity contribution in [3.8, 4) is 11.5 Å². The van der Waals surface area contributed by atoms with E-state index in [0.29, 0.717) is 0 Å². The molecule has 1 saturated carbocycles. The largest absolute Gasteiger partial charge is 0.457 e. The van der Waals surface area contributed by atoms with Crippen molar-refractivity contribution in [1.29, 1.82) is 0 Å². The third-order valence-electron chi connectivity index (χ3n) is 4.49. The van der Waals surface area contributed by atoms with E-state index in [1.165, 1.54) is 0 Å². The van der Waals surface area contributed by atoms with Crippen molar-refractivity contribution >= 4 is 11.6 Å². The van der Waals surface area contributed by atoms with E-state index in [0.717, 1.165) is 48.8 Å². The number of carbonyl (C=O) groups excluding carboxylic acids is 1. The van der Waals surface area contributed by atoms with Crippen LogP contribution in [0.2, 0.25) is 0 Å². The maximum absolute atomic E-state index is 12.3. The Morgan fingerprint density at radius 1 is 0.913 bits per heavy atom. The Morgan fingerprint density at radius 2 is 1.52 bits per heavy atom. The van der Waals surface area contributed by atoms with Crippen LogP contribution in [0.3, 0.4) is 0 Å². The standard InChI is InChI=1S/C20H23NO2/c1-15-7-9-16(10-8-15)20(22)21-17-11-13-19(14-12-17)23-18-5-3-2-4-6-18/h2-6,11-16H,7-10H2,1H3,(H,21,22). The molecule has 3 heteroatoms. The fourth-order valence-corrected chi connectivity index (χ4v) is 3.00. The minimum absolute atomic E-state index is 0.147. The average Bonchev–Trinajstić information content (AvgIpc) is 2.58. The van der Waals surface area contributed by atoms with Gasteiger partial charge in [0.15, 0.2) is 0 Å². The van der Waals surface area contributed by atoms with Gasteiger partial charge in [0.25, 0.3) is 0 Å². The Hall–Kier alpha value is -2.29. The Labute approximate surface area is 137 Å². The molecule has 1 N–H and O–H groups in total. The van der Waals surface area contributed by atoms with E-state index in [1.807, 2.05) is 54.6 Å². The van der Waals surface area contributed by atoms with Gasteiger partial charge >= 0.3 is 0 Å². The van der Waals surface area contributed by atoms with Gasteiger partial charge in [-0.15, -0.1) is 0 Å². The molecule has 2 aromatic rings. The van der Waals surface area contributed by atoms with Crippen molar-refractivity contribution in [1.82, 2.24) is 0 Å². The van der Waals surface area contributed by atoms with Crippen LogP contribution in [0.1, 0.15) is 32.6 Å². The lowest BCUT2D eigenvalue weighted by Crippen LogP contribution is -2.26. The predicted octanol–water partition coefficient (Wildman–Crippen LogP) is 5.24. The summed E-state index contributed by atoms with van der Waals surface area (Å²) in [6.45, 7) is 2.26. The van der Waals surface area contributed by atoms with Crippen LogP contribution in [0.5, 0.6) is 11.5 Å². The third kappa shape index (κ3) is 4.35. The maximum atomic E-state index is 12.3. The number of ether oxygens (including phenoxy) is 1. The molecule has 3 rings (SSSR count). The van der Waals surface area contributed by atoms with Gasteiger partial charge < -0.3 is 10.1 Å². The summed E-state index contributed by atoms with van der Waals surface area (Å²) >= 11 is 0. The number of anilines is 1. The van der Waals surface area contributed by atoms with Crippen molar-refractivity contribution in [3.63, 3.8) is 0 Å². The second-order valence-electron chi connectivity index (χ2n) is 6.39. The topological polar surface area (TPSA) is 38.3 Å². The molecule has 0 bridgehead atoms. The minimum atomic E-state index is 0.147. The molecule has 120 valence electrons. The molecule has 1 amide bonds. The lowest BCUT2D eigenvalue weighted by molar-refractivity contribution is -0.121.